The van der Waals surface area contributed by atoms with Crippen molar-refractivity contribution >= 4 is 5.91 Å². The van der Waals surface area contributed by atoms with Crippen LogP contribution in [0.5, 0.6) is 0 Å². The Balaban J connectivity index is 2.13. The molecule has 1 atom stereocenters. The Hall–Kier alpha value is -0.610. The van der Waals surface area contributed by atoms with E-state index in [0.29, 0.717) is 0 Å². The lowest BCUT2D eigenvalue weighted by Crippen LogP contribution is -2.34. The van der Waals surface area contributed by atoms with Crippen LogP contribution in [-0.4, -0.2) is 50.2 Å². The third-order valence-corrected chi connectivity index (χ3v) is 2.44. The van der Waals surface area contributed by atoms with E-state index >= 15 is 0 Å². The molecule has 1 rings (SSSR count). The number of rotatable bonds is 5. The Morgan fingerprint density at radius 2 is 2.14 bits per heavy atom. The van der Waals surface area contributed by atoms with Gasteiger partial charge in [-0.05, 0) is 26.8 Å². The Labute approximate surface area is 85.6 Å². The number of hydrogen-bond donors (Lipinski definition) is 1. The van der Waals surface area contributed by atoms with E-state index in [0.717, 1.165) is 32.5 Å². The fourth-order valence-electron chi connectivity index (χ4n) is 1.62. The van der Waals surface area contributed by atoms with Crippen molar-refractivity contribution in [3.8, 4) is 0 Å². The first-order valence-electron chi connectivity index (χ1n) is 5.28. The van der Waals surface area contributed by atoms with Gasteiger partial charge < -0.3 is 15.0 Å². The number of nitrogens with zero attached hydrogens (tertiary/aromatic N) is 1. The number of nitrogens with one attached hydrogen (secondary N) is 1. The fourth-order valence-corrected chi connectivity index (χ4v) is 1.62. The quantitative estimate of drug-likeness (QED) is 0.691. The number of carbonyl (C=O) groups excluding carboxylic acids is 1. The predicted octanol–water partition coefficient (Wildman–Crippen LogP) is 0.233. The number of likely N-dealkylation sites (N-methyl/N-ethyl adjacent to an activating group) is 1. The first kappa shape index (κ1) is 11.5. The van der Waals surface area contributed by atoms with Gasteiger partial charge in [0.1, 0.15) is 6.61 Å². The van der Waals surface area contributed by atoms with E-state index in [2.05, 4.69) is 5.32 Å². The Kier molecular flexibility index (Phi) is 4.90. The van der Waals surface area contributed by atoms with Crippen molar-refractivity contribution in [2.45, 2.75) is 25.9 Å². The minimum atomic E-state index is 0.103. The zero-order chi connectivity index (χ0) is 10.4. The molecule has 0 saturated carbocycles. The average Bonchev–Trinajstić information content (AvgIpc) is 2.67. The largest absolute Gasteiger partial charge is 0.367 e. The van der Waals surface area contributed by atoms with Crippen molar-refractivity contribution < 1.29 is 9.53 Å². The molecule has 14 heavy (non-hydrogen) atoms. The molecule has 1 heterocycles. The molecule has 4 nitrogen and oxygen atoms in total. The second kappa shape index (κ2) is 5.98. The highest BCUT2D eigenvalue weighted by Gasteiger charge is 2.18. The summed E-state index contributed by atoms with van der Waals surface area (Å²) in [4.78, 5) is 13.4. The van der Waals surface area contributed by atoms with Crippen LogP contribution in [0, 0.1) is 0 Å². The third kappa shape index (κ3) is 3.64. The van der Waals surface area contributed by atoms with Crippen LogP contribution in [-0.2, 0) is 9.53 Å². The second-order valence-corrected chi connectivity index (χ2v) is 3.77. The zero-order valence-corrected chi connectivity index (χ0v) is 9.08. The molecule has 0 spiro atoms. The summed E-state index contributed by atoms with van der Waals surface area (Å²) in [5.74, 6) is 0.130. The van der Waals surface area contributed by atoms with Gasteiger partial charge in [-0.15, -0.1) is 0 Å². The molecule has 0 aromatic carbocycles. The van der Waals surface area contributed by atoms with Crippen molar-refractivity contribution in [1.29, 1.82) is 0 Å². The average molecular weight is 200 g/mol. The van der Waals surface area contributed by atoms with Gasteiger partial charge in [0.05, 0.1) is 6.10 Å². The van der Waals surface area contributed by atoms with Crippen LogP contribution >= 0.6 is 0 Å². The summed E-state index contributed by atoms with van der Waals surface area (Å²) in [6, 6.07) is 0. The lowest BCUT2D eigenvalue weighted by atomic mass is 10.4. The maximum absolute atomic E-state index is 11.5. The molecule has 4 heteroatoms. The lowest BCUT2D eigenvalue weighted by molar-refractivity contribution is -0.136. The third-order valence-electron chi connectivity index (χ3n) is 2.44. The van der Waals surface area contributed by atoms with Crippen LogP contribution in [0.3, 0.4) is 0 Å². The number of likely N-dealkylation sites (tertiary alicyclic amines) is 1. The molecule has 82 valence electrons. The van der Waals surface area contributed by atoms with Crippen molar-refractivity contribution in [2.24, 2.45) is 0 Å². The highest BCUT2D eigenvalue weighted by atomic mass is 16.5. The van der Waals surface area contributed by atoms with Gasteiger partial charge in [-0.1, -0.05) is 0 Å². The van der Waals surface area contributed by atoms with Crippen LogP contribution in [0.4, 0.5) is 0 Å². The number of hydrogen-bond acceptors (Lipinski definition) is 3. The fraction of sp³-hybridized carbons (Fsp3) is 0.900. The zero-order valence-electron chi connectivity index (χ0n) is 9.08. The van der Waals surface area contributed by atoms with E-state index in [1.165, 1.54) is 0 Å². The summed E-state index contributed by atoms with van der Waals surface area (Å²) in [7, 11) is 1.88. The lowest BCUT2D eigenvalue weighted by Gasteiger charge is -2.17. The molecule has 0 bridgehead atoms. The van der Waals surface area contributed by atoms with Gasteiger partial charge in [-0.3, -0.25) is 4.79 Å². The van der Waals surface area contributed by atoms with Crippen LogP contribution in [0.1, 0.15) is 19.8 Å². The van der Waals surface area contributed by atoms with Gasteiger partial charge in [0.15, 0.2) is 0 Å². The summed E-state index contributed by atoms with van der Waals surface area (Å²) >= 11 is 0. The number of carbonyl (C=O) groups is 1. The number of amides is 1. The Morgan fingerprint density at radius 3 is 2.71 bits per heavy atom. The summed E-state index contributed by atoms with van der Waals surface area (Å²) in [6.45, 7) is 4.79. The molecule has 1 amide bonds. The van der Waals surface area contributed by atoms with Crippen molar-refractivity contribution in [1.82, 2.24) is 10.2 Å². The van der Waals surface area contributed by atoms with E-state index in [9.17, 15) is 4.79 Å². The van der Waals surface area contributed by atoms with Gasteiger partial charge in [-0.25, -0.2) is 0 Å². The normalized spacial score (nSPS) is 18.6. The summed E-state index contributed by atoms with van der Waals surface area (Å²) in [5, 5.41) is 3.01. The minimum absolute atomic E-state index is 0.103. The molecule has 0 aromatic rings. The van der Waals surface area contributed by atoms with Crippen molar-refractivity contribution in [3.63, 3.8) is 0 Å². The Morgan fingerprint density at radius 1 is 1.50 bits per heavy atom. The van der Waals surface area contributed by atoms with E-state index in [-0.39, 0.29) is 18.6 Å². The molecule has 0 radical (unpaired) electrons. The molecule has 1 unspecified atom stereocenters. The molecule has 1 saturated heterocycles. The van der Waals surface area contributed by atoms with E-state index in [1.54, 1.807) is 0 Å². The molecular weight excluding hydrogens is 180 g/mol. The first-order chi connectivity index (χ1) is 6.74. The topological polar surface area (TPSA) is 41.6 Å². The molecule has 0 aliphatic carbocycles. The highest BCUT2D eigenvalue weighted by Crippen LogP contribution is 2.07. The van der Waals surface area contributed by atoms with Crippen LogP contribution in [0.15, 0.2) is 0 Å². The van der Waals surface area contributed by atoms with Crippen LogP contribution < -0.4 is 5.32 Å². The summed E-state index contributed by atoms with van der Waals surface area (Å²) in [6.07, 6.45) is 2.38. The molecule has 1 fully saturated rings. The SMILES string of the molecule is CNCC(C)OCC(=O)N1CCCC1. The summed E-state index contributed by atoms with van der Waals surface area (Å²) < 4.78 is 5.40. The molecular formula is C10H20N2O2. The van der Waals surface area contributed by atoms with E-state index < -0.39 is 0 Å². The van der Waals surface area contributed by atoms with Crippen LogP contribution in [0.25, 0.3) is 0 Å². The van der Waals surface area contributed by atoms with E-state index in [1.807, 2.05) is 18.9 Å². The monoisotopic (exact) mass is 200 g/mol. The smallest absolute Gasteiger partial charge is 0.248 e. The van der Waals surface area contributed by atoms with Gasteiger partial charge >= 0.3 is 0 Å². The van der Waals surface area contributed by atoms with Gasteiger partial charge in [0.25, 0.3) is 0 Å². The van der Waals surface area contributed by atoms with Gasteiger partial charge in [0.2, 0.25) is 5.91 Å². The van der Waals surface area contributed by atoms with Crippen molar-refractivity contribution in [3.05, 3.63) is 0 Å². The molecule has 1 N–H and O–H groups in total. The van der Waals surface area contributed by atoms with Crippen molar-refractivity contribution in [2.75, 3.05) is 33.3 Å². The van der Waals surface area contributed by atoms with Gasteiger partial charge in [0, 0.05) is 19.6 Å². The molecule has 0 aromatic heterocycles. The van der Waals surface area contributed by atoms with Crippen LogP contribution in [0.2, 0.25) is 0 Å². The molecule has 1 aliphatic heterocycles. The highest BCUT2D eigenvalue weighted by molar-refractivity contribution is 5.77. The second-order valence-electron chi connectivity index (χ2n) is 3.77. The predicted molar refractivity (Wildman–Crippen MR) is 55.2 cm³/mol. The maximum Gasteiger partial charge on any atom is 0.248 e. The van der Waals surface area contributed by atoms with Gasteiger partial charge in [-0.2, -0.15) is 0 Å². The summed E-state index contributed by atoms with van der Waals surface area (Å²) in [5.41, 5.74) is 0. The standard InChI is InChI=1S/C10H20N2O2/c1-9(7-11-2)14-8-10(13)12-5-3-4-6-12/h9,11H,3-8H2,1-2H3. The maximum atomic E-state index is 11.5. The van der Waals surface area contributed by atoms with E-state index in [4.69, 9.17) is 4.74 Å². The molecule has 1 aliphatic rings. The number of ether oxygens (including phenoxy) is 1. The first-order valence-corrected chi connectivity index (χ1v) is 5.28. The Bertz CT molecular complexity index is 179. The minimum Gasteiger partial charge on any atom is -0.367 e.